The minimum atomic E-state index is -0.477. The van der Waals surface area contributed by atoms with Crippen LogP contribution in [0.2, 0.25) is 0 Å². The Labute approximate surface area is 115 Å². The second-order valence-electron chi connectivity index (χ2n) is 4.60. The average Bonchev–Trinajstić information content (AvgIpc) is 2.47. The van der Waals surface area contributed by atoms with Crippen LogP contribution in [0.4, 0.5) is 5.69 Å². The fraction of sp³-hybridized carbons (Fsp3) is 0.462. The van der Waals surface area contributed by atoms with Crippen LogP contribution in [-0.2, 0) is 16.0 Å². The minimum Gasteiger partial charge on any atom is -0.394 e. The van der Waals surface area contributed by atoms with Crippen molar-refractivity contribution in [1.82, 2.24) is 4.90 Å². The number of rotatable bonds is 4. The summed E-state index contributed by atoms with van der Waals surface area (Å²) in [7, 11) is 0. The molecule has 1 aromatic rings. The number of morpholine rings is 1. The van der Waals surface area contributed by atoms with Gasteiger partial charge in [0.2, 0.25) is 5.91 Å². The summed E-state index contributed by atoms with van der Waals surface area (Å²) in [6.45, 7) is 1.12. The fourth-order valence-electron chi connectivity index (χ4n) is 2.15. The number of nitro groups is 1. The van der Waals surface area contributed by atoms with Gasteiger partial charge < -0.3 is 14.7 Å². The van der Waals surface area contributed by atoms with Gasteiger partial charge in [0.05, 0.1) is 37.2 Å². The lowest BCUT2D eigenvalue weighted by atomic mass is 10.1. The largest absolute Gasteiger partial charge is 0.394 e. The van der Waals surface area contributed by atoms with Gasteiger partial charge in [-0.3, -0.25) is 14.9 Å². The van der Waals surface area contributed by atoms with E-state index in [-0.39, 0.29) is 30.7 Å². The summed E-state index contributed by atoms with van der Waals surface area (Å²) >= 11 is 0. The van der Waals surface area contributed by atoms with Gasteiger partial charge in [0.1, 0.15) is 0 Å². The third kappa shape index (κ3) is 3.31. The molecule has 1 unspecified atom stereocenters. The maximum absolute atomic E-state index is 12.2. The lowest BCUT2D eigenvalue weighted by Gasteiger charge is -2.34. The molecule has 20 heavy (non-hydrogen) atoms. The number of hydrogen-bond donors (Lipinski definition) is 1. The van der Waals surface area contributed by atoms with Crippen LogP contribution >= 0.6 is 0 Å². The molecule has 1 atom stereocenters. The van der Waals surface area contributed by atoms with Crippen LogP contribution in [0.15, 0.2) is 24.3 Å². The number of aliphatic hydroxyl groups is 1. The molecule has 0 bridgehead atoms. The first-order valence-corrected chi connectivity index (χ1v) is 6.33. The van der Waals surface area contributed by atoms with Crippen molar-refractivity contribution in [3.8, 4) is 0 Å². The lowest BCUT2D eigenvalue weighted by molar-refractivity contribution is -0.384. The predicted octanol–water partition coefficient (Wildman–Crippen LogP) is 0.357. The number of benzene rings is 1. The normalized spacial score (nSPS) is 18.9. The van der Waals surface area contributed by atoms with Crippen molar-refractivity contribution in [3.05, 3.63) is 39.9 Å². The van der Waals surface area contributed by atoms with Gasteiger partial charge in [0, 0.05) is 18.7 Å². The highest BCUT2D eigenvalue weighted by Crippen LogP contribution is 2.14. The summed E-state index contributed by atoms with van der Waals surface area (Å²) in [5.41, 5.74) is 0.713. The van der Waals surface area contributed by atoms with Crippen molar-refractivity contribution >= 4 is 11.6 Å². The maximum Gasteiger partial charge on any atom is 0.269 e. The lowest BCUT2D eigenvalue weighted by Crippen LogP contribution is -2.51. The molecule has 1 saturated heterocycles. The van der Waals surface area contributed by atoms with Crippen molar-refractivity contribution in [2.75, 3.05) is 26.4 Å². The van der Waals surface area contributed by atoms with Crippen molar-refractivity contribution in [1.29, 1.82) is 0 Å². The Morgan fingerprint density at radius 3 is 2.75 bits per heavy atom. The number of nitro benzene ring substituents is 1. The molecule has 1 heterocycles. The van der Waals surface area contributed by atoms with Crippen molar-refractivity contribution < 1.29 is 19.6 Å². The Kier molecular flexibility index (Phi) is 4.65. The predicted molar refractivity (Wildman–Crippen MR) is 70.2 cm³/mol. The van der Waals surface area contributed by atoms with E-state index in [2.05, 4.69) is 0 Å². The van der Waals surface area contributed by atoms with Crippen LogP contribution in [0.3, 0.4) is 0 Å². The summed E-state index contributed by atoms with van der Waals surface area (Å²) in [6.07, 6.45) is 0.161. The van der Waals surface area contributed by atoms with Crippen LogP contribution < -0.4 is 0 Å². The van der Waals surface area contributed by atoms with Crippen LogP contribution in [-0.4, -0.2) is 53.2 Å². The van der Waals surface area contributed by atoms with Gasteiger partial charge in [0.25, 0.3) is 5.69 Å². The van der Waals surface area contributed by atoms with Gasteiger partial charge in [-0.15, -0.1) is 0 Å². The fourth-order valence-corrected chi connectivity index (χ4v) is 2.15. The van der Waals surface area contributed by atoms with Gasteiger partial charge in [-0.05, 0) is 5.56 Å². The molecule has 1 aliphatic heterocycles. The van der Waals surface area contributed by atoms with E-state index < -0.39 is 4.92 Å². The van der Waals surface area contributed by atoms with Crippen LogP contribution in [0.1, 0.15) is 5.56 Å². The molecule has 1 N–H and O–H groups in total. The third-order valence-electron chi connectivity index (χ3n) is 3.26. The number of hydrogen-bond acceptors (Lipinski definition) is 5. The second kappa shape index (κ2) is 6.44. The first kappa shape index (κ1) is 14.4. The van der Waals surface area contributed by atoms with E-state index in [4.69, 9.17) is 4.74 Å². The van der Waals surface area contributed by atoms with Gasteiger partial charge in [-0.25, -0.2) is 0 Å². The van der Waals surface area contributed by atoms with E-state index in [0.29, 0.717) is 25.3 Å². The summed E-state index contributed by atoms with van der Waals surface area (Å²) in [5, 5.41) is 19.8. The molecular weight excluding hydrogens is 264 g/mol. The zero-order valence-electron chi connectivity index (χ0n) is 10.9. The maximum atomic E-state index is 12.2. The highest BCUT2D eigenvalue weighted by atomic mass is 16.6. The zero-order valence-corrected chi connectivity index (χ0v) is 10.9. The van der Waals surface area contributed by atoms with Crippen LogP contribution in [0.25, 0.3) is 0 Å². The Bertz CT molecular complexity index is 488. The van der Waals surface area contributed by atoms with Gasteiger partial charge in [0.15, 0.2) is 0 Å². The number of amides is 1. The minimum absolute atomic E-state index is 0.000746. The summed E-state index contributed by atoms with van der Waals surface area (Å²) in [4.78, 5) is 23.9. The molecule has 7 heteroatoms. The van der Waals surface area contributed by atoms with Crippen molar-refractivity contribution in [2.24, 2.45) is 0 Å². The quantitative estimate of drug-likeness (QED) is 0.635. The number of aliphatic hydroxyl groups excluding tert-OH is 1. The Hall–Kier alpha value is -1.99. The van der Waals surface area contributed by atoms with Gasteiger partial charge >= 0.3 is 0 Å². The SMILES string of the molecule is O=C(Cc1ccc([N+](=O)[O-])cc1)N1CCOCC1CO. The van der Waals surface area contributed by atoms with Gasteiger partial charge in [-0.2, -0.15) is 0 Å². The topological polar surface area (TPSA) is 92.9 Å². The standard InChI is InChI=1S/C13H16N2O5/c16-8-12-9-20-6-5-14(12)13(17)7-10-1-3-11(4-2-10)15(18)19/h1-4,12,16H,5-9H2. The summed E-state index contributed by atoms with van der Waals surface area (Å²) < 4.78 is 5.22. The van der Waals surface area contributed by atoms with E-state index >= 15 is 0 Å². The Morgan fingerprint density at radius 1 is 1.45 bits per heavy atom. The monoisotopic (exact) mass is 280 g/mol. The van der Waals surface area contributed by atoms with Crippen molar-refractivity contribution in [3.63, 3.8) is 0 Å². The third-order valence-corrected chi connectivity index (χ3v) is 3.26. The molecular formula is C13H16N2O5. The second-order valence-corrected chi connectivity index (χ2v) is 4.60. The van der Waals surface area contributed by atoms with E-state index in [9.17, 15) is 20.0 Å². The summed E-state index contributed by atoms with van der Waals surface area (Å²) in [5.74, 6) is -0.110. The summed E-state index contributed by atoms with van der Waals surface area (Å²) in [6, 6.07) is 5.60. The van der Waals surface area contributed by atoms with Crippen molar-refractivity contribution in [2.45, 2.75) is 12.5 Å². The number of ether oxygens (including phenoxy) is 1. The van der Waals surface area contributed by atoms with Gasteiger partial charge in [-0.1, -0.05) is 12.1 Å². The zero-order chi connectivity index (χ0) is 14.5. The molecule has 1 aliphatic rings. The number of carbonyl (C=O) groups is 1. The van der Waals surface area contributed by atoms with E-state index in [1.807, 2.05) is 0 Å². The number of non-ortho nitro benzene ring substituents is 1. The molecule has 7 nitrogen and oxygen atoms in total. The molecule has 108 valence electrons. The molecule has 1 aromatic carbocycles. The number of carbonyl (C=O) groups excluding carboxylic acids is 1. The molecule has 0 spiro atoms. The molecule has 1 fully saturated rings. The molecule has 0 radical (unpaired) electrons. The highest BCUT2D eigenvalue weighted by Gasteiger charge is 2.26. The Balaban J connectivity index is 2.01. The van der Waals surface area contributed by atoms with Crippen LogP contribution in [0, 0.1) is 10.1 Å². The average molecular weight is 280 g/mol. The Morgan fingerprint density at radius 2 is 2.15 bits per heavy atom. The number of nitrogens with zero attached hydrogens (tertiary/aromatic N) is 2. The van der Waals surface area contributed by atoms with Crippen LogP contribution in [0.5, 0.6) is 0 Å². The molecule has 0 saturated carbocycles. The van der Waals surface area contributed by atoms with E-state index in [0.717, 1.165) is 0 Å². The molecule has 0 aliphatic carbocycles. The highest BCUT2D eigenvalue weighted by molar-refractivity contribution is 5.79. The molecule has 2 rings (SSSR count). The first-order chi connectivity index (χ1) is 9.61. The van der Waals surface area contributed by atoms with E-state index in [1.54, 1.807) is 17.0 Å². The molecule has 1 amide bonds. The van der Waals surface area contributed by atoms with E-state index in [1.165, 1.54) is 12.1 Å². The first-order valence-electron chi connectivity index (χ1n) is 6.33. The smallest absolute Gasteiger partial charge is 0.269 e. The molecule has 0 aromatic heterocycles.